The average Bonchev–Trinajstić information content (AvgIpc) is 3.18. The number of ether oxygens (including phenoxy) is 1. The third-order valence-corrected chi connectivity index (χ3v) is 6.24. The summed E-state index contributed by atoms with van der Waals surface area (Å²) in [5, 5.41) is 3.00. The topological polar surface area (TPSA) is 61.9 Å². The fourth-order valence-electron chi connectivity index (χ4n) is 4.35. The van der Waals surface area contributed by atoms with Crippen LogP contribution < -0.4 is 15.0 Å². The molecule has 2 aliphatic rings. The number of carbonyl (C=O) groups excluding carboxylic acids is 2. The van der Waals surface area contributed by atoms with Crippen LogP contribution >= 0.6 is 0 Å². The van der Waals surface area contributed by atoms with Crippen LogP contribution in [0, 0.1) is 0 Å². The van der Waals surface area contributed by atoms with E-state index in [2.05, 4.69) is 22.3 Å². The third kappa shape index (κ3) is 4.20. The number of anilines is 2. The van der Waals surface area contributed by atoms with E-state index in [9.17, 15) is 9.59 Å². The van der Waals surface area contributed by atoms with E-state index in [0.717, 1.165) is 72.0 Å². The largest absolute Gasteiger partial charge is 0.497 e. The first kappa shape index (κ1) is 20.8. The van der Waals surface area contributed by atoms with Gasteiger partial charge in [-0.15, -0.1) is 0 Å². The lowest BCUT2D eigenvalue weighted by atomic mass is 9.99. The fraction of sp³-hybridized carbons (Fsp3) is 0.185. The molecule has 2 heterocycles. The summed E-state index contributed by atoms with van der Waals surface area (Å²) < 4.78 is 5.33. The summed E-state index contributed by atoms with van der Waals surface area (Å²) in [7, 11) is 1.65. The summed E-state index contributed by atoms with van der Waals surface area (Å²) in [6.45, 7) is 3.13. The molecule has 3 aromatic carbocycles. The van der Waals surface area contributed by atoms with E-state index in [1.54, 1.807) is 12.0 Å². The first-order valence-corrected chi connectivity index (χ1v) is 11.0. The van der Waals surface area contributed by atoms with Gasteiger partial charge in [0.2, 0.25) is 6.41 Å². The molecule has 33 heavy (non-hydrogen) atoms. The molecule has 1 saturated heterocycles. The third-order valence-electron chi connectivity index (χ3n) is 6.24. The number of methoxy groups -OCH3 is 1. The number of nitrogens with one attached hydrogen (secondary N) is 1. The maximum absolute atomic E-state index is 12.7. The molecule has 166 valence electrons. The Labute approximate surface area is 193 Å². The van der Waals surface area contributed by atoms with Gasteiger partial charge in [0.25, 0.3) is 5.91 Å². The van der Waals surface area contributed by atoms with Crippen LogP contribution in [0.15, 0.2) is 66.7 Å². The van der Waals surface area contributed by atoms with Gasteiger partial charge in [0, 0.05) is 48.7 Å². The number of rotatable bonds is 5. The summed E-state index contributed by atoms with van der Waals surface area (Å²) in [5.74, 6) is 0.702. The number of amides is 2. The van der Waals surface area contributed by atoms with Crippen LogP contribution in [0.5, 0.6) is 5.75 Å². The molecule has 1 N–H and O–H groups in total. The van der Waals surface area contributed by atoms with Crippen molar-refractivity contribution >= 4 is 35.3 Å². The highest BCUT2D eigenvalue weighted by molar-refractivity contribution is 6.35. The second-order valence-electron chi connectivity index (χ2n) is 8.22. The second-order valence-corrected chi connectivity index (χ2v) is 8.22. The van der Waals surface area contributed by atoms with Gasteiger partial charge < -0.3 is 19.9 Å². The van der Waals surface area contributed by atoms with Crippen LogP contribution in [0.4, 0.5) is 11.4 Å². The molecule has 6 nitrogen and oxygen atoms in total. The Morgan fingerprint density at radius 3 is 2.39 bits per heavy atom. The van der Waals surface area contributed by atoms with Crippen molar-refractivity contribution in [2.24, 2.45) is 0 Å². The Morgan fingerprint density at radius 2 is 1.67 bits per heavy atom. The lowest BCUT2D eigenvalue weighted by Crippen LogP contribution is -2.45. The molecule has 5 rings (SSSR count). The van der Waals surface area contributed by atoms with Gasteiger partial charge in [-0.1, -0.05) is 36.4 Å². The van der Waals surface area contributed by atoms with E-state index in [1.165, 1.54) is 0 Å². The normalized spacial score (nSPS) is 16.5. The van der Waals surface area contributed by atoms with Crippen molar-refractivity contribution in [2.45, 2.75) is 0 Å². The lowest BCUT2D eigenvalue weighted by Gasteiger charge is -2.34. The molecular weight excluding hydrogens is 414 g/mol. The van der Waals surface area contributed by atoms with E-state index < -0.39 is 0 Å². The van der Waals surface area contributed by atoms with Crippen molar-refractivity contribution in [1.82, 2.24) is 4.90 Å². The highest BCUT2D eigenvalue weighted by Gasteiger charge is 2.24. The smallest absolute Gasteiger partial charge is 0.256 e. The van der Waals surface area contributed by atoms with Crippen LogP contribution in [0.3, 0.4) is 0 Å². The van der Waals surface area contributed by atoms with Gasteiger partial charge in [0.1, 0.15) is 5.75 Å². The lowest BCUT2D eigenvalue weighted by molar-refractivity contribution is -0.118. The van der Waals surface area contributed by atoms with Crippen molar-refractivity contribution in [2.75, 3.05) is 43.5 Å². The van der Waals surface area contributed by atoms with E-state index in [-0.39, 0.29) is 5.91 Å². The van der Waals surface area contributed by atoms with Gasteiger partial charge in [-0.3, -0.25) is 9.59 Å². The van der Waals surface area contributed by atoms with E-state index in [0.29, 0.717) is 5.57 Å². The molecule has 0 atom stereocenters. The number of nitrogens with zero attached hydrogens (tertiary/aromatic N) is 2. The first-order chi connectivity index (χ1) is 16.1. The molecule has 0 spiro atoms. The molecule has 0 radical (unpaired) electrons. The SMILES string of the molecule is COc1cccc(-c2ccc3c(c2)NC(=O)/C3=C\c2ccc(N3CCN(C=O)CC3)cc2)c1. The van der Waals surface area contributed by atoms with Gasteiger partial charge in [-0.05, 0) is 53.1 Å². The number of piperazine rings is 1. The molecule has 3 aromatic rings. The number of fused-ring (bicyclic) bond motifs is 1. The zero-order valence-corrected chi connectivity index (χ0v) is 18.5. The summed E-state index contributed by atoms with van der Waals surface area (Å²) >= 11 is 0. The minimum Gasteiger partial charge on any atom is -0.497 e. The Bertz CT molecular complexity index is 1230. The average molecular weight is 440 g/mol. The summed E-state index contributed by atoms with van der Waals surface area (Å²) in [6.07, 6.45) is 2.84. The van der Waals surface area contributed by atoms with Gasteiger partial charge in [-0.2, -0.15) is 0 Å². The Hall–Kier alpha value is -4.06. The summed E-state index contributed by atoms with van der Waals surface area (Å²) in [5.41, 5.74) is 6.54. The first-order valence-electron chi connectivity index (χ1n) is 11.0. The molecular formula is C27H25N3O3. The van der Waals surface area contributed by atoms with Gasteiger partial charge in [0.15, 0.2) is 0 Å². The zero-order chi connectivity index (χ0) is 22.8. The van der Waals surface area contributed by atoms with Crippen molar-refractivity contribution < 1.29 is 14.3 Å². The van der Waals surface area contributed by atoms with Crippen LogP contribution in [-0.4, -0.2) is 50.5 Å². The second kappa shape index (κ2) is 8.82. The van der Waals surface area contributed by atoms with Gasteiger partial charge >= 0.3 is 0 Å². The van der Waals surface area contributed by atoms with Crippen molar-refractivity contribution in [1.29, 1.82) is 0 Å². The minimum absolute atomic E-state index is 0.0955. The van der Waals surface area contributed by atoms with Gasteiger partial charge in [0.05, 0.1) is 7.11 Å². The molecule has 2 amide bonds. The summed E-state index contributed by atoms with van der Waals surface area (Å²) in [6, 6.07) is 22.1. The van der Waals surface area contributed by atoms with Crippen LogP contribution in [0.25, 0.3) is 22.8 Å². The molecule has 0 saturated carbocycles. The van der Waals surface area contributed by atoms with Crippen LogP contribution in [0.1, 0.15) is 11.1 Å². The van der Waals surface area contributed by atoms with E-state index >= 15 is 0 Å². The van der Waals surface area contributed by atoms with Crippen molar-refractivity contribution in [3.05, 3.63) is 77.9 Å². The molecule has 0 bridgehead atoms. The monoisotopic (exact) mass is 439 g/mol. The predicted octanol–water partition coefficient (Wildman–Crippen LogP) is 4.13. The number of hydrogen-bond acceptors (Lipinski definition) is 4. The fourth-order valence-corrected chi connectivity index (χ4v) is 4.35. The maximum Gasteiger partial charge on any atom is 0.256 e. The Balaban J connectivity index is 1.37. The molecule has 1 fully saturated rings. The predicted molar refractivity (Wildman–Crippen MR) is 131 cm³/mol. The van der Waals surface area contributed by atoms with E-state index in [4.69, 9.17) is 4.74 Å². The molecule has 0 aliphatic carbocycles. The molecule has 0 unspecified atom stereocenters. The summed E-state index contributed by atoms with van der Waals surface area (Å²) in [4.78, 5) is 27.7. The molecule has 6 heteroatoms. The highest BCUT2D eigenvalue weighted by atomic mass is 16.5. The molecule has 0 aromatic heterocycles. The highest BCUT2D eigenvalue weighted by Crippen LogP contribution is 2.37. The maximum atomic E-state index is 12.7. The standard InChI is InChI=1S/C27H25N3O3/c1-33-23-4-2-3-20(16-23)21-7-10-24-25(27(32)28-26(24)17-21)15-19-5-8-22(9-6-19)30-13-11-29(18-31)12-14-30/h2-10,15-18H,11-14H2,1H3,(H,28,32)/b25-15-. The van der Waals surface area contributed by atoms with E-state index in [1.807, 2.05) is 60.7 Å². The van der Waals surface area contributed by atoms with Crippen molar-refractivity contribution in [3.63, 3.8) is 0 Å². The van der Waals surface area contributed by atoms with Crippen molar-refractivity contribution in [3.8, 4) is 16.9 Å². The van der Waals surface area contributed by atoms with Crippen LogP contribution in [-0.2, 0) is 9.59 Å². The Kier molecular flexibility index (Phi) is 5.57. The number of hydrogen-bond donors (Lipinski definition) is 1. The minimum atomic E-state index is -0.0955. The Morgan fingerprint density at radius 1 is 0.909 bits per heavy atom. The molecule has 2 aliphatic heterocycles. The number of carbonyl (C=O) groups is 2. The van der Waals surface area contributed by atoms with Crippen LogP contribution in [0.2, 0.25) is 0 Å². The number of benzene rings is 3. The van der Waals surface area contributed by atoms with Gasteiger partial charge in [-0.25, -0.2) is 0 Å². The zero-order valence-electron chi connectivity index (χ0n) is 18.5. The quantitative estimate of drug-likeness (QED) is 0.480.